The van der Waals surface area contributed by atoms with Gasteiger partial charge in [-0.2, -0.15) is 0 Å². The van der Waals surface area contributed by atoms with Gasteiger partial charge in [-0.15, -0.1) is 0 Å². The maximum Gasteiger partial charge on any atom is 0.146 e. The molecule has 2 saturated heterocycles. The molecule has 2 aromatic heterocycles. The zero-order chi connectivity index (χ0) is 29.5. The quantitative estimate of drug-likeness (QED) is 0.229. The van der Waals surface area contributed by atoms with Crippen molar-refractivity contribution < 1.29 is 9.47 Å². The number of rotatable bonds is 8. The van der Waals surface area contributed by atoms with Crippen LogP contribution in [0.3, 0.4) is 0 Å². The minimum atomic E-state index is 0.671. The van der Waals surface area contributed by atoms with Crippen molar-refractivity contribution in [2.24, 2.45) is 11.8 Å². The Balaban J connectivity index is 0.000000171. The molecule has 1 N–H and O–H groups in total. The van der Waals surface area contributed by atoms with E-state index in [2.05, 4.69) is 51.5 Å². The zero-order valence-corrected chi connectivity index (χ0v) is 25.0. The fourth-order valence-electron chi connectivity index (χ4n) is 5.17. The molecule has 0 saturated carbocycles. The van der Waals surface area contributed by atoms with Gasteiger partial charge in [0.15, 0.2) is 0 Å². The highest BCUT2D eigenvalue weighted by atomic mass is 16.5. The van der Waals surface area contributed by atoms with Gasteiger partial charge in [-0.05, 0) is 118 Å². The standard InChI is InChI=1S/C19H22N2O.C18H20N2O/c1-21-11-9-16(10-12-21)7-8-17-13-19(15-20-14-17)22-18-5-3-2-4-6-18;1-2-4-17(5-3-1)21-18-12-16(13-20-14-18)7-6-15-8-10-19-11-9-15/h2-8,13-16H,9-12H2,1H3;1-7,12-15,19H,8-11H2/b8-7+;7-6+. The molecule has 0 atom stereocenters. The third kappa shape index (κ3) is 10.5. The summed E-state index contributed by atoms with van der Waals surface area (Å²) in [5.41, 5.74) is 2.18. The lowest BCUT2D eigenvalue weighted by molar-refractivity contribution is 0.244. The molecule has 6 nitrogen and oxygen atoms in total. The van der Waals surface area contributed by atoms with E-state index in [4.69, 9.17) is 9.47 Å². The van der Waals surface area contributed by atoms with Gasteiger partial charge < -0.3 is 19.7 Å². The first kappa shape index (κ1) is 30.2. The van der Waals surface area contributed by atoms with Gasteiger partial charge in [-0.1, -0.05) is 60.7 Å². The molecule has 0 amide bonds. The number of likely N-dealkylation sites (tertiary alicyclic amines) is 1. The average Bonchev–Trinajstić information content (AvgIpc) is 3.06. The number of allylic oxidation sites excluding steroid dienone is 2. The van der Waals surface area contributed by atoms with E-state index >= 15 is 0 Å². The number of hydrogen-bond acceptors (Lipinski definition) is 6. The Morgan fingerprint density at radius 3 is 1.58 bits per heavy atom. The number of pyridine rings is 2. The average molecular weight is 575 g/mol. The first-order valence-corrected chi connectivity index (χ1v) is 15.3. The molecule has 4 aromatic rings. The number of para-hydroxylation sites is 2. The Labute approximate surface area is 256 Å². The van der Waals surface area contributed by atoms with E-state index in [0.717, 1.165) is 47.2 Å². The summed E-state index contributed by atoms with van der Waals surface area (Å²) in [5.74, 6) is 4.56. The summed E-state index contributed by atoms with van der Waals surface area (Å²) in [5, 5.41) is 3.38. The van der Waals surface area contributed by atoms with E-state index in [9.17, 15) is 0 Å². The molecule has 2 aromatic carbocycles. The Hall–Kier alpha value is -4.26. The van der Waals surface area contributed by atoms with Crippen LogP contribution in [0.5, 0.6) is 23.0 Å². The maximum absolute atomic E-state index is 5.82. The van der Waals surface area contributed by atoms with Crippen LogP contribution in [0.1, 0.15) is 36.8 Å². The monoisotopic (exact) mass is 574 g/mol. The second kappa shape index (κ2) is 16.4. The Morgan fingerprint density at radius 2 is 1.09 bits per heavy atom. The van der Waals surface area contributed by atoms with E-state index in [1.54, 1.807) is 12.4 Å². The number of nitrogens with zero attached hydrogens (tertiary/aromatic N) is 3. The van der Waals surface area contributed by atoms with Crippen molar-refractivity contribution in [3.8, 4) is 23.0 Å². The summed E-state index contributed by atoms with van der Waals surface area (Å²) < 4.78 is 11.6. The van der Waals surface area contributed by atoms with E-state index < -0.39 is 0 Å². The lowest BCUT2D eigenvalue weighted by Crippen LogP contribution is -2.29. The number of nitrogens with one attached hydrogen (secondary N) is 1. The molecule has 2 aliphatic rings. The van der Waals surface area contributed by atoms with Crippen LogP contribution in [0, 0.1) is 11.8 Å². The highest BCUT2D eigenvalue weighted by Gasteiger charge is 2.13. The summed E-state index contributed by atoms with van der Waals surface area (Å²) in [7, 11) is 2.19. The van der Waals surface area contributed by atoms with Gasteiger partial charge in [-0.3, -0.25) is 9.97 Å². The highest BCUT2D eigenvalue weighted by Crippen LogP contribution is 2.24. The summed E-state index contributed by atoms with van der Waals surface area (Å²) in [6.07, 6.45) is 21.1. The van der Waals surface area contributed by atoms with Crippen molar-refractivity contribution in [1.29, 1.82) is 0 Å². The molecule has 4 heterocycles. The number of ether oxygens (including phenoxy) is 2. The molecule has 0 bridgehead atoms. The summed E-state index contributed by atoms with van der Waals surface area (Å²) >= 11 is 0. The zero-order valence-electron chi connectivity index (χ0n) is 25.0. The van der Waals surface area contributed by atoms with E-state index in [1.165, 1.54) is 38.8 Å². The van der Waals surface area contributed by atoms with Crippen molar-refractivity contribution in [2.45, 2.75) is 25.7 Å². The van der Waals surface area contributed by atoms with Crippen LogP contribution in [-0.4, -0.2) is 48.1 Å². The SMILES string of the molecule is C(=C\C1CCNCC1)/c1cncc(Oc2ccccc2)c1.CN1CCC(/C=C/c2cncc(Oc3ccccc3)c2)CC1. The molecule has 222 valence electrons. The van der Waals surface area contributed by atoms with Crippen LogP contribution in [-0.2, 0) is 0 Å². The van der Waals surface area contributed by atoms with Crippen molar-refractivity contribution in [1.82, 2.24) is 20.2 Å². The smallest absolute Gasteiger partial charge is 0.146 e. The molecule has 0 spiro atoms. The summed E-state index contributed by atoms with van der Waals surface area (Å²) in [6, 6.07) is 23.6. The molecule has 43 heavy (non-hydrogen) atoms. The van der Waals surface area contributed by atoms with Crippen LogP contribution in [0.25, 0.3) is 12.2 Å². The first-order chi connectivity index (χ1) is 21.2. The molecule has 0 aliphatic carbocycles. The number of aromatic nitrogens is 2. The van der Waals surface area contributed by atoms with Crippen molar-refractivity contribution in [2.75, 3.05) is 33.2 Å². The molecule has 2 aliphatic heterocycles. The molecule has 2 fully saturated rings. The van der Waals surface area contributed by atoms with Crippen LogP contribution in [0.2, 0.25) is 0 Å². The predicted octanol–water partition coefficient (Wildman–Crippen LogP) is 8.12. The number of benzene rings is 2. The fourth-order valence-corrected chi connectivity index (χ4v) is 5.17. The lowest BCUT2D eigenvalue weighted by atomic mass is 9.96. The summed E-state index contributed by atoms with van der Waals surface area (Å²) in [4.78, 5) is 10.9. The minimum absolute atomic E-state index is 0.671. The largest absolute Gasteiger partial charge is 0.456 e. The Bertz CT molecular complexity index is 1430. The van der Waals surface area contributed by atoms with Crippen LogP contribution >= 0.6 is 0 Å². The minimum Gasteiger partial charge on any atom is -0.456 e. The molecule has 0 radical (unpaired) electrons. The highest BCUT2D eigenvalue weighted by molar-refractivity contribution is 5.51. The number of hydrogen-bond donors (Lipinski definition) is 1. The van der Waals surface area contributed by atoms with E-state index in [-0.39, 0.29) is 0 Å². The summed E-state index contributed by atoms with van der Waals surface area (Å²) in [6.45, 7) is 4.60. The van der Waals surface area contributed by atoms with Gasteiger partial charge in [0, 0.05) is 12.4 Å². The van der Waals surface area contributed by atoms with Gasteiger partial charge >= 0.3 is 0 Å². The second-order valence-electron chi connectivity index (χ2n) is 11.2. The van der Waals surface area contributed by atoms with Crippen molar-refractivity contribution in [3.05, 3.63) is 121 Å². The molecule has 0 unspecified atom stereocenters. The molecular formula is C37H42N4O2. The topological polar surface area (TPSA) is 59.5 Å². The van der Waals surface area contributed by atoms with Gasteiger partial charge in [0.1, 0.15) is 23.0 Å². The second-order valence-corrected chi connectivity index (χ2v) is 11.2. The van der Waals surface area contributed by atoms with Crippen molar-refractivity contribution in [3.63, 3.8) is 0 Å². The lowest BCUT2D eigenvalue weighted by Gasteiger charge is -2.26. The van der Waals surface area contributed by atoms with Gasteiger partial charge in [-0.25, -0.2) is 0 Å². The van der Waals surface area contributed by atoms with Crippen LogP contribution in [0.4, 0.5) is 0 Å². The molecule has 6 rings (SSSR count). The normalized spacial score (nSPS) is 16.6. The van der Waals surface area contributed by atoms with Crippen molar-refractivity contribution >= 4 is 12.2 Å². The first-order valence-electron chi connectivity index (χ1n) is 15.3. The fraction of sp³-hybridized carbons (Fsp3) is 0.297. The van der Waals surface area contributed by atoms with Gasteiger partial charge in [0.25, 0.3) is 0 Å². The third-order valence-electron chi connectivity index (χ3n) is 7.70. The van der Waals surface area contributed by atoms with Gasteiger partial charge in [0.2, 0.25) is 0 Å². The van der Waals surface area contributed by atoms with Crippen LogP contribution in [0.15, 0.2) is 110 Å². The molecular weight excluding hydrogens is 532 g/mol. The van der Waals surface area contributed by atoms with E-state index in [0.29, 0.717) is 11.8 Å². The maximum atomic E-state index is 5.82. The number of piperidine rings is 2. The van der Waals surface area contributed by atoms with Crippen LogP contribution < -0.4 is 14.8 Å². The van der Waals surface area contributed by atoms with Gasteiger partial charge in [0.05, 0.1) is 12.4 Å². The Morgan fingerprint density at radius 1 is 0.628 bits per heavy atom. The Kier molecular flexibility index (Phi) is 11.5. The predicted molar refractivity (Wildman–Crippen MR) is 175 cm³/mol. The molecule has 6 heteroatoms. The van der Waals surface area contributed by atoms with E-state index in [1.807, 2.05) is 85.2 Å². The third-order valence-corrected chi connectivity index (χ3v) is 7.70.